The number of ether oxygens (including phenoxy) is 1. The molecule has 20 heavy (non-hydrogen) atoms. The fourth-order valence-corrected chi connectivity index (χ4v) is 2.31. The van der Waals surface area contributed by atoms with Crippen LogP contribution in [0.3, 0.4) is 0 Å². The number of nitrogens with one attached hydrogen (secondary N) is 1. The molecule has 0 unspecified atom stereocenters. The molecule has 0 amide bonds. The Balaban J connectivity index is 2.12. The maximum Gasteiger partial charge on any atom is 0.242 e. The van der Waals surface area contributed by atoms with E-state index in [2.05, 4.69) is 25.1 Å². The summed E-state index contributed by atoms with van der Waals surface area (Å²) >= 11 is 5.34. The molecule has 0 saturated carbocycles. The van der Waals surface area contributed by atoms with Crippen LogP contribution >= 0.6 is 12.2 Å². The lowest BCUT2D eigenvalue weighted by atomic mass is 10.5. The van der Waals surface area contributed by atoms with Crippen LogP contribution in [0.1, 0.15) is 12.7 Å². The highest BCUT2D eigenvalue weighted by Gasteiger charge is 2.13. The monoisotopic (exact) mass is 291 g/mol. The molecular weight excluding hydrogens is 278 g/mol. The molecule has 0 radical (unpaired) electrons. The van der Waals surface area contributed by atoms with Crippen molar-refractivity contribution < 1.29 is 4.74 Å². The van der Waals surface area contributed by atoms with E-state index < -0.39 is 0 Å². The van der Waals surface area contributed by atoms with Gasteiger partial charge in [-0.15, -0.1) is 10.2 Å². The summed E-state index contributed by atoms with van der Waals surface area (Å²) in [4.78, 5) is 11.4. The van der Waals surface area contributed by atoms with Gasteiger partial charge in [-0.05, 0) is 19.1 Å². The van der Waals surface area contributed by atoms with Crippen molar-refractivity contribution in [1.82, 2.24) is 34.3 Å². The topological polar surface area (TPSA) is 86.4 Å². The summed E-state index contributed by atoms with van der Waals surface area (Å²) in [5.74, 6) is 1.29. The van der Waals surface area contributed by atoms with Crippen molar-refractivity contribution in [3.63, 3.8) is 0 Å². The van der Waals surface area contributed by atoms with Crippen LogP contribution in [0.5, 0.6) is 5.88 Å². The molecule has 3 aromatic rings. The number of fused-ring (bicyclic) bond motifs is 1. The number of H-pyrrole nitrogens is 1. The normalized spacial score (nSPS) is 11.1. The number of aryl methyl sites for hydroxylation is 1. The molecule has 8 nitrogen and oxygen atoms in total. The average molecular weight is 291 g/mol. The largest absolute Gasteiger partial charge is 0.479 e. The molecular formula is C11H13N7OS. The first-order chi connectivity index (χ1) is 9.74. The third-order valence-electron chi connectivity index (χ3n) is 3.05. The lowest BCUT2D eigenvalue weighted by Gasteiger charge is -2.05. The Morgan fingerprint density at radius 1 is 1.40 bits per heavy atom. The van der Waals surface area contributed by atoms with Crippen LogP contribution in [0.25, 0.3) is 11.2 Å². The highest BCUT2D eigenvalue weighted by Crippen LogP contribution is 2.20. The maximum absolute atomic E-state index is 5.34. The second-order valence-corrected chi connectivity index (χ2v) is 4.52. The van der Waals surface area contributed by atoms with Gasteiger partial charge in [0.15, 0.2) is 16.2 Å². The molecule has 0 atom stereocenters. The van der Waals surface area contributed by atoms with Gasteiger partial charge in [0.2, 0.25) is 5.88 Å². The van der Waals surface area contributed by atoms with Gasteiger partial charge in [-0.25, -0.2) is 4.98 Å². The van der Waals surface area contributed by atoms with Crippen LogP contribution < -0.4 is 4.74 Å². The van der Waals surface area contributed by atoms with Crippen molar-refractivity contribution in [3.8, 4) is 5.88 Å². The van der Waals surface area contributed by atoms with Crippen molar-refractivity contribution in [2.24, 2.45) is 0 Å². The van der Waals surface area contributed by atoms with Gasteiger partial charge in [0, 0.05) is 6.54 Å². The van der Waals surface area contributed by atoms with Crippen molar-refractivity contribution >= 4 is 23.4 Å². The molecule has 104 valence electrons. The molecule has 0 aliphatic heterocycles. The van der Waals surface area contributed by atoms with E-state index in [0.717, 1.165) is 12.4 Å². The number of aromatic amines is 1. The molecule has 0 aromatic carbocycles. The SMILES string of the molecule is CCn1cnnc1Cn1c(=S)[nH]c2c(OC)ncnc21. The van der Waals surface area contributed by atoms with Crippen LogP contribution in [-0.2, 0) is 13.1 Å². The van der Waals surface area contributed by atoms with Crippen LogP contribution in [-0.4, -0.2) is 41.4 Å². The van der Waals surface area contributed by atoms with Gasteiger partial charge < -0.3 is 14.3 Å². The summed E-state index contributed by atoms with van der Waals surface area (Å²) in [6, 6.07) is 0. The number of rotatable bonds is 4. The number of methoxy groups -OCH3 is 1. The minimum absolute atomic E-state index is 0.469. The third kappa shape index (κ3) is 1.95. The predicted molar refractivity (Wildman–Crippen MR) is 74.1 cm³/mol. The van der Waals surface area contributed by atoms with E-state index in [0.29, 0.717) is 28.4 Å². The summed E-state index contributed by atoms with van der Waals surface area (Å²) in [6.45, 7) is 3.33. The van der Waals surface area contributed by atoms with E-state index in [4.69, 9.17) is 17.0 Å². The Morgan fingerprint density at radius 3 is 3.00 bits per heavy atom. The Hall–Kier alpha value is -2.29. The highest BCUT2D eigenvalue weighted by molar-refractivity contribution is 7.71. The van der Waals surface area contributed by atoms with Gasteiger partial charge in [-0.3, -0.25) is 4.57 Å². The molecule has 0 spiro atoms. The summed E-state index contributed by atoms with van der Waals surface area (Å²) in [6.07, 6.45) is 3.15. The van der Waals surface area contributed by atoms with Crippen LogP contribution in [0.15, 0.2) is 12.7 Å². The molecule has 9 heteroatoms. The standard InChI is InChI=1S/C11H13N7OS/c1-3-17-6-14-16-7(17)4-18-9-8(15-11(18)20)10(19-2)13-5-12-9/h5-6H,3-4H2,1-2H3,(H,15,20). The second-order valence-electron chi connectivity index (χ2n) is 4.13. The summed E-state index contributed by atoms with van der Waals surface area (Å²) in [5, 5.41) is 8.02. The molecule has 3 rings (SSSR count). The zero-order chi connectivity index (χ0) is 14.1. The van der Waals surface area contributed by atoms with Crippen LogP contribution in [0.2, 0.25) is 0 Å². The fourth-order valence-electron chi connectivity index (χ4n) is 2.05. The van der Waals surface area contributed by atoms with Gasteiger partial charge in [0.25, 0.3) is 0 Å². The number of imidazole rings is 1. The zero-order valence-corrected chi connectivity index (χ0v) is 11.9. The molecule has 0 aliphatic rings. The van der Waals surface area contributed by atoms with E-state index in [9.17, 15) is 0 Å². The van der Waals surface area contributed by atoms with Gasteiger partial charge >= 0.3 is 0 Å². The van der Waals surface area contributed by atoms with Gasteiger partial charge in [-0.1, -0.05) is 0 Å². The average Bonchev–Trinajstić information content (AvgIpc) is 3.04. The third-order valence-corrected chi connectivity index (χ3v) is 3.38. The molecule has 0 fully saturated rings. The van der Waals surface area contributed by atoms with Gasteiger partial charge in [0.1, 0.15) is 18.2 Å². The number of nitrogens with zero attached hydrogens (tertiary/aromatic N) is 6. The Bertz CT molecular complexity index is 803. The van der Waals surface area contributed by atoms with Gasteiger partial charge in [-0.2, -0.15) is 4.98 Å². The lowest BCUT2D eigenvalue weighted by Crippen LogP contribution is -2.08. The number of aromatic nitrogens is 7. The van der Waals surface area contributed by atoms with Crippen molar-refractivity contribution in [3.05, 3.63) is 23.3 Å². The number of hydrogen-bond acceptors (Lipinski definition) is 6. The first kappa shape index (κ1) is 12.7. The predicted octanol–water partition coefficient (Wildman–Crippen LogP) is 1.16. The highest BCUT2D eigenvalue weighted by atomic mass is 32.1. The molecule has 0 aliphatic carbocycles. The molecule has 3 heterocycles. The minimum atomic E-state index is 0.469. The fraction of sp³-hybridized carbons (Fsp3) is 0.364. The first-order valence-electron chi connectivity index (χ1n) is 6.08. The summed E-state index contributed by atoms with van der Waals surface area (Å²) in [5.41, 5.74) is 1.37. The van der Waals surface area contributed by atoms with Crippen molar-refractivity contribution in [1.29, 1.82) is 0 Å². The Morgan fingerprint density at radius 2 is 2.25 bits per heavy atom. The van der Waals surface area contributed by atoms with Crippen LogP contribution in [0.4, 0.5) is 0 Å². The van der Waals surface area contributed by atoms with Gasteiger partial charge in [0.05, 0.1) is 13.7 Å². The van der Waals surface area contributed by atoms with E-state index in [1.54, 1.807) is 13.4 Å². The maximum atomic E-state index is 5.34. The molecule has 3 aromatic heterocycles. The zero-order valence-electron chi connectivity index (χ0n) is 11.1. The first-order valence-corrected chi connectivity index (χ1v) is 6.49. The van der Waals surface area contributed by atoms with E-state index >= 15 is 0 Å². The van der Waals surface area contributed by atoms with E-state index in [1.807, 2.05) is 16.1 Å². The lowest BCUT2D eigenvalue weighted by molar-refractivity contribution is 0.401. The number of hydrogen-bond donors (Lipinski definition) is 1. The molecule has 0 bridgehead atoms. The van der Waals surface area contributed by atoms with Crippen molar-refractivity contribution in [2.45, 2.75) is 20.0 Å². The Labute approximate surface area is 119 Å². The van der Waals surface area contributed by atoms with Crippen molar-refractivity contribution in [2.75, 3.05) is 7.11 Å². The summed E-state index contributed by atoms with van der Waals surface area (Å²) < 4.78 is 9.56. The minimum Gasteiger partial charge on any atom is -0.479 e. The second kappa shape index (κ2) is 5.00. The molecule has 0 saturated heterocycles. The Kier molecular flexibility index (Phi) is 3.18. The quantitative estimate of drug-likeness (QED) is 0.726. The molecule has 1 N–H and O–H groups in total. The smallest absolute Gasteiger partial charge is 0.242 e. The van der Waals surface area contributed by atoms with E-state index in [-0.39, 0.29) is 0 Å². The van der Waals surface area contributed by atoms with Crippen LogP contribution in [0, 0.1) is 4.77 Å². The van der Waals surface area contributed by atoms with E-state index in [1.165, 1.54) is 6.33 Å². The summed E-state index contributed by atoms with van der Waals surface area (Å²) in [7, 11) is 1.56.